The Bertz CT molecular complexity index is 953. The van der Waals surface area contributed by atoms with Crippen molar-refractivity contribution in [2.24, 2.45) is 5.16 Å². The van der Waals surface area contributed by atoms with Crippen LogP contribution in [0.1, 0.15) is 32.0 Å². The van der Waals surface area contributed by atoms with Gasteiger partial charge in [-0.05, 0) is 26.3 Å². The second-order valence-electron chi connectivity index (χ2n) is 6.98. The average molecular weight is 451 g/mol. The van der Waals surface area contributed by atoms with E-state index in [1.807, 2.05) is 6.07 Å². The van der Waals surface area contributed by atoms with Crippen LogP contribution in [-0.2, 0) is 30.5 Å². The molecule has 11 nitrogen and oxygen atoms in total. The minimum Gasteiger partial charge on any atom is -0.477 e. The van der Waals surface area contributed by atoms with Gasteiger partial charge in [-0.25, -0.2) is 19.4 Å². The molecule has 1 heterocycles. The predicted octanol–water partition coefficient (Wildman–Crippen LogP) is 2.92. The molecule has 0 spiro atoms. The van der Waals surface area contributed by atoms with Crippen LogP contribution in [0, 0.1) is 0 Å². The molecule has 0 saturated heterocycles. The van der Waals surface area contributed by atoms with Crippen molar-refractivity contribution in [2.45, 2.75) is 39.3 Å². The maximum atomic E-state index is 11.9. The van der Waals surface area contributed by atoms with Gasteiger partial charge in [0.25, 0.3) is 0 Å². The molecule has 0 saturated carbocycles. The van der Waals surface area contributed by atoms with Crippen molar-refractivity contribution in [3.63, 3.8) is 0 Å². The second-order valence-corrected chi connectivity index (χ2v) is 7.83. The van der Waals surface area contributed by atoms with Crippen LogP contribution in [0.4, 0.5) is 9.93 Å². The van der Waals surface area contributed by atoms with Crippen LogP contribution >= 0.6 is 11.3 Å². The van der Waals surface area contributed by atoms with Gasteiger partial charge in [0, 0.05) is 5.38 Å². The molecule has 0 radical (unpaired) electrons. The predicted molar refractivity (Wildman–Crippen MR) is 110 cm³/mol. The fourth-order valence-corrected chi connectivity index (χ4v) is 2.70. The zero-order valence-corrected chi connectivity index (χ0v) is 17.7. The number of hydrogen-bond donors (Lipinski definition) is 3. The Labute approximate surface area is 181 Å². The summed E-state index contributed by atoms with van der Waals surface area (Å²) in [6.07, 6.45) is -2.60. The number of ether oxygens (including phenoxy) is 2. The summed E-state index contributed by atoms with van der Waals surface area (Å²) in [7, 11) is 0. The number of amides is 1. The number of nitrogens with one attached hydrogen (secondary N) is 1. The Morgan fingerprint density at radius 3 is 2.45 bits per heavy atom. The molecule has 2 rings (SSSR count). The molecule has 0 aliphatic heterocycles. The Kier molecular flexibility index (Phi) is 8.05. The van der Waals surface area contributed by atoms with E-state index in [9.17, 15) is 19.5 Å². The Hall–Kier alpha value is -3.51. The number of anilines is 1. The van der Waals surface area contributed by atoms with Crippen molar-refractivity contribution in [3.05, 3.63) is 47.0 Å². The van der Waals surface area contributed by atoms with Gasteiger partial charge in [0.1, 0.15) is 12.3 Å². The van der Waals surface area contributed by atoms with Crippen LogP contribution in [0.2, 0.25) is 0 Å². The first kappa shape index (κ1) is 23.8. The van der Waals surface area contributed by atoms with Crippen LogP contribution in [0.3, 0.4) is 0 Å². The second kappa shape index (κ2) is 10.5. The van der Waals surface area contributed by atoms with Crippen LogP contribution in [0.15, 0.2) is 40.9 Å². The lowest BCUT2D eigenvalue weighted by atomic mass is 10.2. The SMILES string of the molecule is CC(C)(C)OC(O/N=C(\C(=O)O)c1csc(NC(=O)OCc2ccccc2)n1)C(=O)O. The van der Waals surface area contributed by atoms with Gasteiger partial charge >= 0.3 is 24.3 Å². The number of aliphatic carboxylic acids is 2. The average Bonchev–Trinajstić information content (AvgIpc) is 3.13. The number of thiazole rings is 1. The third-order valence-electron chi connectivity index (χ3n) is 3.27. The number of hydrogen-bond acceptors (Lipinski definition) is 9. The highest BCUT2D eigenvalue weighted by Crippen LogP contribution is 2.18. The van der Waals surface area contributed by atoms with E-state index in [1.54, 1.807) is 45.0 Å². The van der Waals surface area contributed by atoms with Gasteiger partial charge in [0.15, 0.2) is 5.13 Å². The molecular weight excluding hydrogens is 430 g/mol. The van der Waals surface area contributed by atoms with Gasteiger partial charge < -0.3 is 24.5 Å². The van der Waals surface area contributed by atoms with Gasteiger partial charge in [-0.15, -0.1) is 11.3 Å². The largest absolute Gasteiger partial charge is 0.477 e. The summed E-state index contributed by atoms with van der Waals surface area (Å²) in [5, 5.41) is 25.6. The summed E-state index contributed by atoms with van der Waals surface area (Å²) in [6, 6.07) is 9.02. The van der Waals surface area contributed by atoms with Crippen LogP contribution < -0.4 is 5.32 Å². The number of carboxylic acid groups (broad SMARTS) is 2. The van der Waals surface area contributed by atoms with Gasteiger partial charge in [-0.1, -0.05) is 35.5 Å². The van der Waals surface area contributed by atoms with Crippen molar-refractivity contribution in [1.82, 2.24) is 4.98 Å². The van der Waals surface area contributed by atoms with E-state index in [-0.39, 0.29) is 17.4 Å². The third kappa shape index (κ3) is 8.03. The van der Waals surface area contributed by atoms with Gasteiger partial charge in [0.2, 0.25) is 5.71 Å². The first-order chi connectivity index (χ1) is 14.5. The topological polar surface area (TPSA) is 157 Å². The summed E-state index contributed by atoms with van der Waals surface area (Å²) in [5.74, 6) is -2.99. The summed E-state index contributed by atoms with van der Waals surface area (Å²) in [5.41, 5.74) is -0.887. The normalized spacial score (nSPS) is 12.7. The number of nitrogens with zero attached hydrogens (tertiary/aromatic N) is 2. The van der Waals surface area contributed by atoms with E-state index in [0.717, 1.165) is 16.9 Å². The zero-order valence-electron chi connectivity index (χ0n) is 16.9. The smallest absolute Gasteiger partial charge is 0.413 e. The quantitative estimate of drug-likeness (QED) is 0.296. The maximum Gasteiger partial charge on any atom is 0.413 e. The van der Waals surface area contributed by atoms with E-state index < -0.39 is 35.6 Å². The lowest BCUT2D eigenvalue weighted by Gasteiger charge is -2.23. The first-order valence-corrected chi connectivity index (χ1v) is 9.74. The van der Waals surface area contributed by atoms with Gasteiger partial charge in [0.05, 0.1) is 5.60 Å². The molecule has 3 N–H and O–H groups in total. The molecule has 31 heavy (non-hydrogen) atoms. The standard InChI is InChI=1S/C19H21N3O8S/c1-19(2,3)29-16(15(25)26)30-22-13(14(23)24)12-10-31-17(20-12)21-18(27)28-9-11-7-5-4-6-8-11/h4-8,10,16H,9H2,1-3H3,(H,23,24)(H,25,26)(H,20,21,27)/b22-13-. The lowest BCUT2D eigenvalue weighted by Crippen LogP contribution is -2.34. The molecule has 166 valence electrons. The number of rotatable bonds is 9. The van der Waals surface area contributed by atoms with Crippen molar-refractivity contribution in [3.8, 4) is 0 Å². The third-order valence-corrected chi connectivity index (χ3v) is 4.03. The van der Waals surface area contributed by atoms with E-state index in [4.69, 9.17) is 19.4 Å². The Morgan fingerprint density at radius 2 is 1.87 bits per heavy atom. The monoisotopic (exact) mass is 451 g/mol. The van der Waals surface area contributed by atoms with Crippen LogP contribution in [0.25, 0.3) is 0 Å². The van der Waals surface area contributed by atoms with E-state index >= 15 is 0 Å². The lowest BCUT2D eigenvalue weighted by molar-refractivity contribution is -0.214. The molecule has 1 atom stereocenters. The first-order valence-electron chi connectivity index (χ1n) is 8.86. The summed E-state index contributed by atoms with van der Waals surface area (Å²) < 4.78 is 10.2. The molecule has 0 aliphatic rings. The van der Waals surface area contributed by atoms with Crippen molar-refractivity contribution in [1.29, 1.82) is 0 Å². The Morgan fingerprint density at radius 1 is 1.19 bits per heavy atom. The molecule has 1 aromatic carbocycles. The molecule has 0 bridgehead atoms. The van der Waals surface area contributed by atoms with Crippen LogP contribution in [-0.4, -0.2) is 50.8 Å². The van der Waals surface area contributed by atoms with Crippen molar-refractivity contribution < 1.29 is 38.9 Å². The fraction of sp³-hybridized carbons (Fsp3) is 0.316. The molecule has 0 aliphatic carbocycles. The summed E-state index contributed by atoms with van der Waals surface area (Å²) in [6.45, 7) is 4.85. The van der Waals surface area contributed by atoms with E-state index in [0.29, 0.717) is 0 Å². The zero-order chi connectivity index (χ0) is 23.0. The minimum atomic E-state index is -1.82. The molecule has 1 aromatic heterocycles. The number of oxime groups is 1. The Balaban J connectivity index is 2.04. The highest BCUT2D eigenvalue weighted by Gasteiger charge is 2.28. The number of benzene rings is 1. The van der Waals surface area contributed by atoms with E-state index in [2.05, 4.69) is 15.5 Å². The summed E-state index contributed by atoms with van der Waals surface area (Å²) >= 11 is 0.926. The molecule has 1 unspecified atom stereocenters. The molecule has 1 amide bonds. The molecule has 2 aromatic rings. The van der Waals surface area contributed by atoms with Crippen molar-refractivity contribution >= 4 is 40.2 Å². The fourth-order valence-electron chi connectivity index (χ4n) is 2.02. The number of carbonyl (C=O) groups is 3. The van der Waals surface area contributed by atoms with Gasteiger partial charge in [-0.3, -0.25) is 5.32 Å². The summed E-state index contributed by atoms with van der Waals surface area (Å²) in [4.78, 5) is 43.4. The number of carbonyl (C=O) groups excluding carboxylic acids is 1. The number of carboxylic acids is 2. The van der Waals surface area contributed by atoms with Gasteiger partial charge in [-0.2, -0.15) is 0 Å². The molecular formula is C19H21N3O8S. The highest BCUT2D eigenvalue weighted by atomic mass is 32.1. The maximum absolute atomic E-state index is 11.9. The molecule has 12 heteroatoms. The van der Waals surface area contributed by atoms with E-state index in [1.165, 1.54) is 5.38 Å². The number of aromatic nitrogens is 1. The minimum absolute atomic E-state index is 0.0466. The molecule has 0 fully saturated rings. The highest BCUT2D eigenvalue weighted by molar-refractivity contribution is 7.14. The van der Waals surface area contributed by atoms with Crippen molar-refractivity contribution in [2.75, 3.05) is 5.32 Å². The van der Waals surface area contributed by atoms with Crippen LogP contribution in [0.5, 0.6) is 0 Å².